The molecule has 2 aromatic rings. The molecule has 0 saturated carbocycles. The molecule has 0 saturated heterocycles. The minimum absolute atomic E-state index is 0.0203. The summed E-state index contributed by atoms with van der Waals surface area (Å²) in [5.74, 6) is 1.09. The van der Waals surface area contributed by atoms with Crippen molar-refractivity contribution in [3.8, 4) is 17.2 Å². The van der Waals surface area contributed by atoms with Crippen LogP contribution in [0.5, 0.6) is 17.2 Å². The largest absolute Gasteiger partial charge is 0.467 e. The van der Waals surface area contributed by atoms with Crippen molar-refractivity contribution < 1.29 is 38.0 Å². The van der Waals surface area contributed by atoms with Gasteiger partial charge in [0.2, 0.25) is 5.78 Å². The molecule has 0 bridgehead atoms. The minimum atomic E-state index is -0.259. The van der Waals surface area contributed by atoms with E-state index >= 15 is 0 Å². The Labute approximate surface area is 193 Å². The number of ether oxygens (including phenoxy) is 7. The lowest BCUT2D eigenvalue weighted by Crippen LogP contribution is -2.10. The van der Waals surface area contributed by atoms with Crippen LogP contribution in [-0.4, -0.2) is 60.0 Å². The van der Waals surface area contributed by atoms with Crippen molar-refractivity contribution in [3.05, 3.63) is 58.8 Å². The first-order chi connectivity index (χ1) is 16.2. The van der Waals surface area contributed by atoms with Crippen LogP contribution in [0.25, 0.3) is 6.08 Å². The third kappa shape index (κ3) is 6.79. The van der Waals surface area contributed by atoms with Crippen LogP contribution in [-0.2, 0) is 25.4 Å². The molecular formula is C25H30O8. The second kappa shape index (κ2) is 13.0. The fraction of sp³-hybridized carbons (Fsp3) is 0.400. The average Bonchev–Trinajstić information content (AvgIpc) is 3.14. The standard InChI is InChI=1S/C25H30O8/c1-4-18-7-5-6-8-19(18)13-23-25(26)24-21(32-17-30-12-10-28-3)14-20(15-22(24)33-23)31-16-29-11-9-27-2/h5-8,13-15H,4,9-12,16-17H2,1-3H3/b23-13-. The fourth-order valence-corrected chi connectivity index (χ4v) is 3.21. The monoisotopic (exact) mass is 458 g/mol. The van der Waals surface area contributed by atoms with E-state index in [0.717, 1.165) is 17.5 Å². The molecular weight excluding hydrogens is 428 g/mol. The number of carbonyl (C=O) groups is 1. The van der Waals surface area contributed by atoms with E-state index in [1.54, 1.807) is 32.4 Å². The lowest BCUT2D eigenvalue weighted by Gasteiger charge is -2.12. The highest BCUT2D eigenvalue weighted by Crippen LogP contribution is 2.42. The van der Waals surface area contributed by atoms with Crippen molar-refractivity contribution >= 4 is 11.9 Å². The molecule has 2 aromatic carbocycles. The molecule has 0 spiro atoms. The molecule has 0 amide bonds. The van der Waals surface area contributed by atoms with Crippen molar-refractivity contribution in [2.45, 2.75) is 13.3 Å². The van der Waals surface area contributed by atoms with Gasteiger partial charge in [-0.1, -0.05) is 31.2 Å². The van der Waals surface area contributed by atoms with Gasteiger partial charge >= 0.3 is 0 Å². The van der Waals surface area contributed by atoms with Gasteiger partial charge in [0.1, 0.15) is 22.8 Å². The quantitative estimate of drug-likeness (QED) is 0.240. The van der Waals surface area contributed by atoms with Gasteiger partial charge in [0.05, 0.1) is 26.4 Å². The molecule has 0 fully saturated rings. The lowest BCUT2D eigenvalue weighted by molar-refractivity contribution is -0.0118. The number of hydrogen-bond donors (Lipinski definition) is 0. The highest BCUT2D eigenvalue weighted by atomic mass is 16.7. The number of Topliss-reactive ketones (excluding diaryl/α,β-unsaturated/α-hetero) is 1. The summed E-state index contributed by atoms with van der Waals surface area (Å²) >= 11 is 0. The summed E-state index contributed by atoms with van der Waals surface area (Å²) in [6.45, 7) is 3.71. The van der Waals surface area contributed by atoms with Crippen molar-refractivity contribution in [1.29, 1.82) is 0 Å². The maximum absolute atomic E-state index is 13.2. The van der Waals surface area contributed by atoms with Crippen LogP contribution >= 0.6 is 0 Å². The van der Waals surface area contributed by atoms with Crippen LogP contribution in [0, 0.1) is 0 Å². The molecule has 33 heavy (non-hydrogen) atoms. The van der Waals surface area contributed by atoms with Crippen molar-refractivity contribution in [3.63, 3.8) is 0 Å². The summed E-state index contributed by atoms with van der Waals surface area (Å²) in [5.41, 5.74) is 2.39. The zero-order valence-electron chi connectivity index (χ0n) is 19.3. The number of fused-ring (bicyclic) bond motifs is 1. The van der Waals surface area contributed by atoms with Gasteiger partial charge in [-0.05, 0) is 23.6 Å². The number of methoxy groups -OCH3 is 2. The molecule has 0 aromatic heterocycles. The molecule has 0 unspecified atom stereocenters. The molecule has 178 valence electrons. The molecule has 0 N–H and O–H groups in total. The average molecular weight is 459 g/mol. The summed E-state index contributed by atoms with van der Waals surface area (Å²) < 4.78 is 38.0. The van der Waals surface area contributed by atoms with Gasteiger partial charge in [-0.3, -0.25) is 4.79 Å². The van der Waals surface area contributed by atoms with Gasteiger partial charge in [0.15, 0.2) is 19.3 Å². The number of ketones is 1. The van der Waals surface area contributed by atoms with Crippen LogP contribution in [0.3, 0.4) is 0 Å². The third-order valence-electron chi connectivity index (χ3n) is 4.90. The second-order valence-electron chi connectivity index (χ2n) is 7.11. The van der Waals surface area contributed by atoms with Crippen LogP contribution < -0.4 is 14.2 Å². The Bertz CT molecular complexity index is 953. The molecule has 8 nitrogen and oxygen atoms in total. The maximum Gasteiger partial charge on any atom is 0.235 e. The van der Waals surface area contributed by atoms with Crippen LogP contribution in [0.2, 0.25) is 0 Å². The van der Waals surface area contributed by atoms with Gasteiger partial charge in [-0.25, -0.2) is 0 Å². The highest BCUT2D eigenvalue weighted by Gasteiger charge is 2.32. The Balaban J connectivity index is 1.81. The molecule has 0 radical (unpaired) electrons. The molecule has 0 aliphatic carbocycles. The van der Waals surface area contributed by atoms with E-state index in [0.29, 0.717) is 49.2 Å². The second-order valence-corrected chi connectivity index (χ2v) is 7.11. The normalized spacial score (nSPS) is 13.8. The molecule has 1 aliphatic rings. The smallest absolute Gasteiger partial charge is 0.235 e. The molecule has 3 rings (SSSR count). The Morgan fingerprint density at radius 2 is 1.61 bits per heavy atom. The van der Waals surface area contributed by atoms with Crippen molar-refractivity contribution in [1.82, 2.24) is 0 Å². The van der Waals surface area contributed by atoms with Crippen LogP contribution in [0.15, 0.2) is 42.2 Å². The minimum Gasteiger partial charge on any atom is -0.467 e. The Morgan fingerprint density at radius 3 is 2.30 bits per heavy atom. The van der Waals surface area contributed by atoms with Gasteiger partial charge in [0, 0.05) is 26.4 Å². The third-order valence-corrected chi connectivity index (χ3v) is 4.90. The van der Waals surface area contributed by atoms with Gasteiger partial charge in [-0.15, -0.1) is 0 Å². The number of hydrogen-bond acceptors (Lipinski definition) is 8. The number of allylic oxidation sites excluding steroid dienone is 1. The lowest BCUT2D eigenvalue weighted by atomic mass is 10.0. The maximum atomic E-state index is 13.2. The zero-order chi connectivity index (χ0) is 23.5. The molecule has 8 heteroatoms. The van der Waals surface area contributed by atoms with Crippen LogP contribution in [0.4, 0.5) is 0 Å². The summed E-state index contributed by atoms with van der Waals surface area (Å²) in [5, 5.41) is 0. The van der Waals surface area contributed by atoms with E-state index in [1.807, 2.05) is 24.3 Å². The Hall–Kier alpha value is -2.91. The fourth-order valence-electron chi connectivity index (χ4n) is 3.21. The summed E-state index contributed by atoms with van der Waals surface area (Å²) in [6, 6.07) is 11.2. The van der Waals surface area contributed by atoms with Crippen molar-refractivity contribution in [2.75, 3.05) is 54.2 Å². The summed E-state index contributed by atoms with van der Waals surface area (Å²) in [6.07, 6.45) is 2.60. The van der Waals surface area contributed by atoms with Gasteiger partial charge < -0.3 is 33.2 Å². The van der Waals surface area contributed by atoms with E-state index < -0.39 is 0 Å². The van der Waals surface area contributed by atoms with E-state index in [1.165, 1.54) is 0 Å². The van der Waals surface area contributed by atoms with Crippen molar-refractivity contribution in [2.24, 2.45) is 0 Å². The number of rotatable bonds is 14. The first kappa shape index (κ1) is 24.7. The summed E-state index contributed by atoms with van der Waals surface area (Å²) in [7, 11) is 3.19. The zero-order valence-corrected chi connectivity index (χ0v) is 19.3. The van der Waals surface area contributed by atoms with E-state index in [2.05, 4.69) is 6.92 Å². The first-order valence-corrected chi connectivity index (χ1v) is 10.8. The van der Waals surface area contributed by atoms with E-state index in [4.69, 9.17) is 33.2 Å². The summed E-state index contributed by atoms with van der Waals surface area (Å²) in [4.78, 5) is 13.2. The predicted octanol–water partition coefficient (Wildman–Crippen LogP) is 3.86. The molecule has 0 atom stereocenters. The van der Waals surface area contributed by atoms with Gasteiger partial charge in [-0.2, -0.15) is 0 Å². The van der Waals surface area contributed by atoms with Gasteiger partial charge in [0.25, 0.3) is 0 Å². The van der Waals surface area contributed by atoms with E-state index in [-0.39, 0.29) is 25.1 Å². The predicted molar refractivity (Wildman–Crippen MR) is 122 cm³/mol. The first-order valence-electron chi connectivity index (χ1n) is 10.8. The Morgan fingerprint density at radius 1 is 0.909 bits per heavy atom. The number of aryl methyl sites for hydroxylation is 1. The highest BCUT2D eigenvalue weighted by molar-refractivity contribution is 6.16. The van der Waals surface area contributed by atoms with E-state index in [9.17, 15) is 4.79 Å². The number of carbonyl (C=O) groups excluding carboxylic acids is 1. The molecule has 1 heterocycles. The SMILES string of the molecule is CCc1ccccc1/C=C1\Oc2cc(OCOCCOC)cc(OCOCCOC)c2C1=O. The Kier molecular flexibility index (Phi) is 9.71. The van der Waals surface area contributed by atoms with Crippen LogP contribution in [0.1, 0.15) is 28.4 Å². The topological polar surface area (TPSA) is 81.7 Å². The number of benzene rings is 2. The molecule has 1 aliphatic heterocycles.